The molecule has 0 radical (unpaired) electrons. The Labute approximate surface area is 248 Å². The van der Waals surface area contributed by atoms with Crippen LogP contribution in [-0.4, -0.2) is 40.8 Å². The summed E-state index contributed by atoms with van der Waals surface area (Å²) in [6, 6.07) is 22.5. The first-order chi connectivity index (χ1) is 20.2. The maximum atomic E-state index is 13.7. The molecular formula is C33H33N5O3S. The third-order valence-electron chi connectivity index (χ3n) is 7.19. The number of nitriles is 1. The molecule has 214 valence electrons. The number of carbonyl (C=O) groups excluding carboxylic acids is 1. The third kappa shape index (κ3) is 6.16. The molecule has 1 aliphatic heterocycles. The van der Waals surface area contributed by atoms with Crippen molar-refractivity contribution in [2.75, 3.05) is 6.61 Å². The van der Waals surface area contributed by atoms with Gasteiger partial charge in [-0.05, 0) is 85.8 Å². The van der Waals surface area contributed by atoms with Crippen molar-refractivity contribution in [3.63, 3.8) is 0 Å². The van der Waals surface area contributed by atoms with Gasteiger partial charge in [0.2, 0.25) is 0 Å². The van der Waals surface area contributed by atoms with Gasteiger partial charge in [-0.1, -0.05) is 30.3 Å². The van der Waals surface area contributed by atoms with E-state index in [1.165, 1.54) is 0 Å². The SMILES string of the molecule is CC(C)(C)[S@@](=O)N1Cc2cc(C(=O)NCc3ccncc3)nc(-c3cccc(-c4cccc(C#N)c4)c3)c2[C@H]1CCO. The first-order valence-corrected chi connectivity index (χ1v) is 14.9. The van der Waals surface area contributed by atoms with E-state index in [4.69, 9.17) is 4.98 Å². The average Bonchev–Trinajstić information content (AvgIpc) is 3.37. The number of aliphatic hydroxyl groups excluding tert-OH is 1. The van der Waals surface area contributed by atoms with E-state index in [2.05, 4.69) is 16.4 Å². The maximum absolute atomic E-state index is 13.7. The number of hydrogen-bond donors (Lipinski definition) is 2. The fraction of sp³-hybridized carbons (Fsp3) is 0.273. The minimum Gasteiger partial charge on any atom is -0.396 e. The molecule has 2 N–H and O–H groups in total. The summed E-state index contributed by atoms with van der Waals surface area (Å²) in [6.07, 6.45) is 3.73. The molecule has 5 rings (SSSR count). The molecule has 2 aromatic carbocycles. The van der Waals surface area contributed by atoms with Crippen molar-refractivity contribution in [1.82, 2.24) is 19.6 Å². The molecule has 0 bridgehead atoms. The van der Waals surface area contributed by atoms with Crippen LogP contribution in [0.4, 0.5) is 0 Å². The van der Waals surface area contributed by atoms with Crippen molar-refractivity contribution in [1.29, 1.82) is 5.26 Å². The van der Waals surface area contributed by atoms with Crippen LogP contribution in [0, 0.1) is 11.3 Å². The number of aromatic nitrogens is 2. The Morgan fingerprint density at radius 1 is 1.07 bits per heavy atom. The monoisotopic (exact) mass is 579 g/mol. The van der Waals surface area contributed by atoms with Gasteiger partial charge in [-0.25, -0.2) is 13.5 Å². The highest BCUT2D eigenvalue weighted by Gasteiger charge is 2.40. The molecule has 1 amide bonds. The molecule has 0 saturated carbocycles. The number of pyridine rings is 2. The second kappa shape index (κ2) is 12.3. The Kier molecular flexibility index (Phi) is 8.59. The topological polar surface area (TPSA) is 119 Å². The summed E-state index contributed by atoms with van der Waals surface area (Å²) in [5, 5.41) is 22.4. The lowest BCUT2D eigenvalue weighted by Crippen LogP contribution is -2.36. The van der Waals surface area contributed by atoms with E-state index in [9.17, 15) is 19.4 Å². The summed E-state index contributed by atoms with van der Waals surface area (Å²) in [5.74, 6) is -0.317. The van der Waals surface area contributed by atoms with E-state index < -0.39 is 15.7 Å². The molecule has 0 saturated heterocycles. The molecule has 3 heterocycles. The lowest BCUT2D eigenvalue weighted by atomic mass is 9.93. The largest absolute Gasteiger partial charge is 0.396 e. The fourth-order valence-corrected chi connectivity index (χ4v) is 6.60. The minimum atomic E-state index is -1.36. The Bertz CT molecular complexity index is 1680. The van der Waals surface area contributed by atoms with Gasteiger partial charge in [0.1, 0.15) is 16.7 Å². The number of amides is 1. The molecule has 42 heavy (non-hydrogen) atoms. The number of carbonyl (C=O) groups is 1. The molecule has 4 aromatic rings. The van der Waals surface area contributed by atoms with Crippen LogP contribution in [0.1, 0.15) is 66.0 Å². The summed E-state index contributed by atoms with van der Waals surface area (Å²) in [7, 11) is -1.36. The zero-order valence-corrected chi connectivity index (χ0v) is 24.7. The van der Waals surface area contributed by atoms with Crippen molar-refractivity contribution in [2.45, 2.75) is 51.1 Å². The molecule has 2 atom stereocenters. The summed E-state index contributed by atoms with van der Waals surface area (Å²) in [6.45, 7) is 6.40. The van der Waals surface area contributed by atoms with Crippen LogP contribution in [0.3, 0.4) is 0 Å². The van der Waals surface area contributed by atoms with Crippen LogP contribution >= 0.6 is 0 Å². The third-order valence-corrected chi connectivity index (χ3v) is 9.04. The second-order valence-corrected chi connectivity index (χ2v) is 13.4. The highest BCUT2D eigenvalue weighted by Crippen LogP contribution is 2.44. The summed E-state index contributed by atoms with van der Waals surface area (Å²) in [5.41, 5.74) is 6.68. The van der Waals surface area contributed by atoms with Crippen molar-refractivity contribution in [2.24, 2.45) is 0 Å². The molecule has 8 nitrogen and oxygen atoms in total. The van der Waals surface area contributed by atoms with Gasteiger partial charge in [-0.15, -0.1) is 0 Å². The Morgan fingerprint density at radius 3 is 2.45 bits per heavy atom. The van der Waals surface area contributed by atoms with Crippen molar-refractivity contribution < 1.29 is 14.1 Å². The van der Waals surface area contributed by atoms with Crippen LogP contribution < -0.4 is 5.32 Å². The van der Waals surface area contributed by atoms with E-state index in [1.54, 1.807) is 24.5 Å². The first-order valence-electron chi connectivity index (χ1n) is 13.8. The summed E-state index contributed by atoms with van der Waals surface area (Å²) in [4.78, 5) is 22.3. The molecular weight excluding hydrogens is 546 g/mol. The molecule has 9 heteroatoms. The van der Waals surface area contributed by atoms with E-state index in [0.29, 0.717) is 30.8 Å². The number of aliphatic hydroxyl groups is 1. The lowest BCUT2D eigenvalue weighted by Gasteiger charge is -2.30. The summed E-state index contributed by atoms with van der Waals surface area (Å²) < 4.78 is 15.1. The summed E-state index contributed by atoms with van der Waals surface area (Å²) >= 11 is 0. The predicted octanol–water partition coefficient (Wildman–Crippen LogP) is 5.31. The number of rotatable bonds is 8. The van der Waals surface area contributed by atoms with Crippen LogP contribution in [0.15, 0.2) is 79.1 Å². The van der Waals surface area contributed by atoms with Crippen LogP contribution in [0.5, 0.6) is 0 Å². The van der Waals surface area contributed by atoms with Gasteiger partial charge in [0, 0.05) is 43.2 Å². The van der Waals surface area contributed by atoms with Gasteiger partial charge in [-0.2, -0.15) is 5.26 Å². The number of nitrogens with one attached hydrogen (secondary N) is 1. The molecule has 0 unspecified atom stereocenters. The zero-order valence-electron chi connectivity index (χ0n) is 23.9. The Hall–Kier alpha value is -4.23. The molecule has 0 spiro atoms. The van der Waals surface area contributed by atoms with Gasteiger partial charge in [0.05, 0.1) is 28.1 Å². The predicted molar refractivity (Wildman–Crippen MR) is 163 cm³/mol. The highest BCUT2D eigenvalue weighted by atomic mass is 32.2. The smallest absolute Gasteiger partial charge is 0.270 e. The number of hydrogen-bond acceptors (Lipinski definition) is 6. The second-order valence-electron chi connectivity index (χ2n) is 11.2. The van der Waals surface area contributed by atoms with Crippen LogP contribution in [0.2, 0.25) is 0 Å². The van der Waals surface area contributed by atoms with Crippen molar-refractivity contribution in [3.05, 3.63) is 107 Å². The van der Waals surface area contributed by atoms with Gasteiger partial charge in [-0.3, -0.25) is 9.78 Å². The van der Waals surface area contributed by atoms with E-state index in [-0.39, 0.29) is 24.2 Å². The van der Waals surface area contributed by atoms with Crippen LogP contribution in [0.25, 0.3) is 22.4 Å². The molecule has 0 aliphatic carbocycles. The highest BCUT2D eigenvalue weighted by molar-refractivity contribution is 7.84. The fourth-order valence-electron chi connectivity index (χ4n) is 5.19. The zero-order chi connectivity index (χ0) is 29.9. The van der Waals surface area contributed by atoms with Gasteiger partial charge < -0.3 is 10.4 Å². The average molecular weight is 580 g/mol. The normalized spacial score (nSPS) is 15.5. The molecule has 1 aliphatic rings. The number of fused-ring (bicyclic) bond motifs is 1. The van der Waals surface area contributed by atoms with Gasteiger partial charge >= 0.3 is 0 Å². The Morgan fingerprint density at radius 2 is 1.76 bits per heavy atom. The lowest BCUT2D eigenvalue weighted by molar-refractivity contribution is 0.0946. The number of benzene rings is 2. The molecule has 0 fully saturated rings. The van der Waals surface area contributed by atoms with Gasteiger partial charge in [0.15, 0.2) is 0 Å². The van der Waals surface area contributed by atoms with Crippen molar-refractivity contribution >= 4 is 16.9 Å². The van der Waals surface area contributed by atoms with Crippen LogP contribution in [-0.2, 0) is 24.1 Å². The quantitative estimate of drug-likeness (QED) is 0.292. The van der Waals surface area contributed by atoms with Crippen molar-refractivity contribution in [3.8, 4) is 28.5 Å². The number of nitrogens with zero attached hydrogens (tertiary/aromatic N) is 4. The standard InChI is InChI=1S/C33H33N5O3S/c1-33(2,3)42(41)38-21-27-18-28(32(40)36-20-22-10-13-35-14-11-22)37-31(30(27)29(38)12-15-39)26-9-5-8-25(17-26)24-7-4-6-23(16-24)19-34/h4-11,13-14,16-18,29,39H,12,15,20-21H2,1-3H3,(H,36,40)/t29-,42-/m1/s1. The minimum absolute atomic E-state index is 0.0868. The van der Waals surface area contributed by atoms with Gasteiger partial charge in [0.25, 0.3) is 5.91 Å². The van der Waals surface area contributed by atoms with E-state index in [0.717, 1.165) is 33.4 Å². The van der Waals surface area contributed by atoms with E-state index >= 15 is 0 Å². The van der Waals surface area contributed by atoms with E-state index in [1.807, 2.05) is 79.7 Å². The maximum Gasteiger partial charge on any atom is 0.270 e. The molecule has 2 aromatic heterocycles. The Balaban J connectivity index is 1.62. The first kappa shape index (κ1) is 29.3.